The third kappa shape index (κ3) is 5.50. The Balaban J connectivity index is 1.29. The summed E-state index contributed by atoms with van der Waals surface area (Å²) in [5.41, 5.74) is 1.76. The molecule has 3 aromatic rings. The molecule has 0 saturated carbocycles. The summed E-state index contributed by atoms with van der Waals surface area (Å²) >= 11 is 7.33. The highest BCUT2D eigenvalue weighted by Gasteiger charge is 2.27. The van der Waals surface area contributed by atoms with E-state index in [1.54, 1.807) is 17.2 Å². The van der Waals surface area contributed by atoms with Crippen molar-refractivity contribution < 1.29 is 14.0 Å². The fourth-order valence-corrected chi connectivity index (χ4v) is 5.33. The summed E-state index contributed by atoms with van der Waals surface area (Å²) in [6.45, 7) is 3.47. The van der Waals surface area contributed by atoms with Crippen molar-refractivity contribution in [2.45, 2.75) is 25.3 Å². The summed E-state index contributed by atoms with van der Waals surface area (Å²) < 4.78 is 14.3. The van der Waals surface area contributed by atoms with Crippen molar-refractivity contribution >= 4 is 45.7 Å². The molecule has 2 fully saturated rings. The molecule has 1 unspecified atom stereocenters. The standard InChI is InChI=1S/C25H26ClFN6O2S/c26-20-5-1-3-19(22(20)27)24(35)33-10-8-32(9-11-33)15-17-13-16(18-4-2-6-28-23(18)34)14-21(30-17)31-25-29-7-12-36-25/h1,3,5,7,12-14,18H,2,4,6,8-11,15H2,(H,28,34)(H,29,30,31). The summed E-state index contributed by atoms with van der Waals surface area (Å²) in [5.74, 6) is -0.549. The number of carbonyl (C=O) groups excluding carboxylic acids is 2. The van der Waals surface area contributed by atoms with Crippen LogP contribution in [0.5, 0.6) is 0 Å². The van der Waals surface area contributed by atoms with Crippen LogP contribution in [0.15, 0.2) is 41.9 Å². The topological polar surface area (TPSA) is 90.5 Å². The van der Waals surface area contributed by atoms with Crippen LogP contribution in [0.25, 0.3) is 0 Å². The number of piperidine rings is 1. The maximum atomic E-state index is 14.3. The quantitative estimate of drug-likeness (QED) is 0.502. The van der Waals surface area contributed by atoms with Crippen LogP contribution < -0.4 is 10.6 Å². The number of rotatable bonds is 6. The van der Waals surface area contributed by atoms with Gasteiger partial charge in [0.1, 0.15) is 5.82 Å². The predicted molar refractivity (Wildman–Crippen MR) is 137 cm³/mol. The molecule has 4 heterocycles. The molecule has 0 bridgehead atoms. The van der Waals surface area contributed by atoms with E-state index in [9.17, 15) is 14.0 Å². The number of piperazine rings is 1. The second-order valence-electron chi connectivity index (χ2n) is 8.89. The van der Waals surface area contributed by atoms with Gasteiger partial charge in [-0.05, 0) is 42.7 Å². The molecule has 2 saturated heterocycles. The van der Waals surface area contributed by atoms with Gasteiger partial charge in [-0.25, -0.2) is 14.4 Å². The van der Waals surface area contributed by atoms with Gasteiger partial charge >= 0.3 is 0 Å². The van der Waals surface area contributed by atoms with Gasteiger partial charge in [0.05, 0.1) is 22.2 Å². The summed E-state index contributed by atoms with van der Waals surface area (Å²) in [6, 6.07) is 8.40. The number of nitrogens with one attached hydrogen (secondary N) is 2. The van der Waals surface area contributed by atoms with Crippen molar-refractivity contribution in [1.29, 1.82) is 0 Å². The lowest BCUT2D eigenvalue weighted by Gasteiger charge is -2.34. The van der Waals surface area contributed by atoms with E-state index in [1.807, 2.05) is 17.5 Å². The van der Waals surface area contributed by atoms with Gasteiger partial charge in [0.15, 0.2) is 10.9 Å². The first-order valence-electron chi connectivity index (χ1n) is 11.9. The Bertz CT molecular complexity index is 1250. The van der Waals surface area contributed by atoms with Crippen LogP contribution in [0.2, 0.25) is 5.02 Å². The van der Waals surface area contributed by atoms with Gasteiger partial charge in [0.25, 0.3) is 5.91 Å². The molecule has 1 aromatic carbocycles. The Kier molecular flexibility index (Phi) is 7.45. The maximum absolute atomic E-state index is 14.3. The molecule has 36 heavy (non-hydrogen) atoms. The van der Waals surface area contributed by atoms with E-state index in [2.05, 4.69) is 20.5 Å². The summed E-state index contributed by atoms with van der Waals surface area (Å²) in [7, 11) is 0. The van der Waals surface area contributed by atoms with Crippen LogP contribution in [0.1, 0.15) is 40.4 Å². The number of benzene rings is 1. The molecule has 0 radical (unpaired) electrons. The van der Waals surface area contributed by atoms with Gasteiger partial charge in [-0.2, -0.15) is 0 Å². The molecule has 188 valence electrons. The number of aromatic nitrogens is 2. The molecule has 5 rings (SSSR count). The molecule has 11 heteroatoms. The molecule has 2 aliphatic heterocycles. The largest absolute Gasteiger partial charge is 0.356 e. The summed E-state index contributed by atoms with van der Waals surface area (Å²) in [6.07, 6.45) is 3.46. The molecule has 2 aromatic heterocycles. The minimum atomic E-state index is -0.681. The van der Waals surface area contributed by atoms with Gasteiger partial charge in [0.2, 0.25) is 5.91 Å². The van der Waals surface area contributed by atoms with Gasteiger partial charge < -0.3 is 15.5 Å². The lowest BCUT2D eigenvalue weighted by Crippen LogP contribution is -2.48. The van der Waals surface area contributed by atoms with Crippen molar-refractivity contribution in [3.8, 4) is 0 Å². The van der Waals surface area contributed by atoms with E-state index in [4.69, 9.17) is 16.6 Å². The van der Waals surface area contributed by atoms with Gasteiger partial charge in [-0.1, -0.05) is 17.7 Å². The first-order valence-corrected chi connectivity index (χ1v) is 13.1. The average Bonchev–Trinajstić information content (AvgIpc) is 3.39. The molecular weight excluding hydrogens is 503 g/mol. The second kappa shape index (κ2) is 10.9. The summed E-state index contributed by atoms with van der Waals surface area (Å²) in [4.78, 5) is 38.3. The van der Waals surface area contributed by atoms with Crippen LogP contribution in [0, 0.1) is 5.82 Å². The molecule has 2 aliphatic rings. The van der Waals surface area contributed by atoms with Crippen LogP contribution >= 0.6 is 22.9 Å². The smallest absolute Gasteiger partial charge is 0.256 e. The number of nitrogens with zero attached hydrogens (tertiary/aromatic N) is 4. The Morgan fingerprint density at radius 1 is 1.25 bits per heavy atom. The fraction of sp³-hybridized carbons (Fsp3) is 0.360. The number of hydrogen-bond acceptors (Lipinski definition) is 7. The minimum Gasteiger partial charge on any atom is -0.356 e. The van der Waals surface area contributed by atoms with E-state index in [0.717, 1.165) is 29.2 Å². The van der Waals surface area contributed by atoms with Crippen LogP contribution in [0.4, 0.5) is 15.3 Å². The first-order chi connectivity index (χ1) is 17.5. The Hall–Kier alpha value is -3.08. The highest BCUT2D eigenvalue weighted by Crippen LogP contribution is 2.29. The van der Waals surface area contributed by atoms with Crippen LogP contribution in [0.3, 0.4) is 0 Å². The second-order valence-corrected chi connectivity index (χ2v) is 10.2. The molecule has 2 amide bonds. The van der Waals surface area contributed by atoms with Gasteiger partial charge in [-0.15, -0.1) is 11.3 Å². The number of halogens is 2. The number of amides is 2. The van der Waals surface area contributed by atoms with Crippen LogP contribution in [-0.2, 0) is 11.3 Å². The van der Waals surface area contributed by atoms with Crippen molar-refractivity contribution in [2.75, 3.05) is 38.0 Å². The maximum Gasteiger partial charge on any atom is 0.256 e. The van der Waals surface area contributed by atoms with E-state index in [0.29, 0.717) is 45.1 Å². The Morgan fingerprint density at radius 3 is 2.83 bits per heavy atom. The predicted octanol–water partition coefficient (Wildman–Crippen LogP) is 4.03. The van der Waals surface area contributed by atoms with Crippen molar-refractivity contribution in [1.82, 2.24) is 25.1 Å². The van der Waals surface area contributed by atoms with Crippen molar-refractivity contribution in [2.24, 2.45) is 0 Å². The zero-order chi connectivity index (χ0) is 25.1. The average molecular weight is 529 g/mol. The number of carbonyl (C=O) groups is 2. The molecule has 2 N–H and O–H groups in total. The van der Waals surface area contributed by atoms with E-state index >= 15 is 0 Å². The monoisotopic (exact) mass is 528 g/mol. The fourth-order valence-electron chi connectivity index (χ4n) is 4.62. The highest BCUT2D eigenvalue weighted by atomic mass is 35.5. The lowest BCUT2D eigenvalue weighted by atomic mass is 9.91. The minimum absolute atomic E-state index is 0.00557. The molecule has 0 aliphatic carbocycles. The number of hydrogen-bond donors (Lipinski definition) is 2. The summed E-state index contributed by atoms with van der Waals surface area (Å²) in [5, 5.41) is 8.78. The van der Waals surface area contributed by atoms with E-state index in [-0.39, 0.29) is 28.3 Å². The molecule has 8 nitrogen and oxygen atoms in total. The third-order valence-corrected chi connectivity index (χ3v) is 7.46. The SMILES string of the molecule is O=C1NCCCC1c1cc(CN2CCN(C(=O)c3cccc(Cl)c3F)CC2)nc(Nc2nccs2)c1. The zero-order valence-electron chi connectivity index (χ0n) is 19.5. The van der Waals surface area contributed by atoms with Crippen LogP contribution in [-0.4, -0.2) is 64.3 Å². The Labute approximate surface area is 217 Å². The Morgan fingerprint density at radius 2 is 2.08 bits per heavy atom. The third-order valence-electron chi connectivity index (χ3n) is 6.48. The molecule has 1 atom stereocenters. The normalized spacial score (nSPS) is 18.7. The number of thiazole rings is 1. The number of pyridine rings is 1. The zero-order valence-corrected chi connectivity index (χ0v) is 21.1. The van der Waals surface area contributed by atoms with Crippen molar-refractivity contribution in [3.63, 3.8) is 0 Å². The van der Waals surface area contributed by atoms with Gasteiger partial charge in [-0.3, -0.25) is 14.5 Å². The first kappa shape index (κ1) is 24.6. The van der Waals surface area contributed by atoms with E-state index < -0.39 is 5.82 Å². The van der Waals surface area contributed by atoms with E-state index in [1.165, 1.54) is 23.5 Å². The number of anilines is 2. The highest BCUT2D eigenvalue weighted by molar-refractivity contribution is 7.13. The van der Waals surface area contributed by atoms with Crippen molar-refractivity contribution in [3.05, 3.63) is 69.6 Å². The molecule has 0 spiro atoms. The lowest BCUT2D eigenvalue weighted by molar-refractivity contribution is -0.123. The van der Waals surface area contributed by atoms with Gasteiger partial charge in [0, 0.05) is 50.8 Å². The molecular formula is C25H26ClFN6O2S.